The quantitative estimate of drug-likeness (QED) is 0.751. The molecule has 1 fully saturated rings. The zero-order valence-electron chi connectivity index (χ0n) is 15.7. The Bertz CT molecular complexity index is 856. The van der Waals surface area contributed by atoms with Crippen LogP contribution >= 0.6 is 0 Å². The summed E-state index contributed by atoms with van der Waals surface area (Å²) in [5, 5.41) is 0. The minimum atomic E-state index is -3.48. The Balaban J connectivity index is 1.67. The molecule has 0 aromatic heterocycles. The van der Waals surface area contributed by atoms with E-state index < -0.39 is 10.0 Å². The van der Waals surface area contributed by atoms with Crippen molar-refractivity contribution in [1.29, 1.82) is 0 Å². The number of methoxy groups -OCH3 is 2. The molecule has 3 rings (SSSR count). The van der Waals surface area contributed by atoms with Crippen molar-refractivity contribution in [3.63, 3.8) is 0 Å². The normalized spacial score (nSPS) is 17.8. The molecule has 2 aromatic carbocycles. The molecule has 1 aliphatic heterocycles. The average molecular weight is 391 g/mol. The molecule has 0 amide bonds. The van der Waals surface area contributed by atoms with Gasteiger partial charge in [0, 0.05) is 24.7 Å². The second-order valence-corrected chi connectivity index (χ2v) is 8.28. The molecular formula is C20H26N2O4S. The highest BCUT2D eigenvalue weighted by Crippen LogP contribution is 2.38. The molecule has 146 valence electrons. The van der Waals surface area contributed by atoms with E-state index in [9.17, 15) is 8.42 Å². The number of benzene rings is 2. The SMILES string of the molecule is COc1ccc(OC)c(C2CCCN2CCNS(=O)(=O)c2ccccc2)c1. The van der Waals surface area contributed by atoms with Gasteiger partial charge in [-0.2, -0.15) is 0 Å². The van der Waals surface area contributed by atoms with Crippen LogP contribution in [-0.4, -0.2) is 47.2 Å². The summed E-state index contributed by atoms with van der Waals surface area (Å²) in [6.07, 6.45) is 2.07. The summed E-state index contributed by atoms with van der Waals surface area (Å²) < 4.78 is 38.3. The van der Waals surface area contributed by atoms with Gasteiger partial charge in [-0.3, -0.25) is 4.90 Å². The van der Waals surface area contributed by atoms with Gasteiger partial charge in [0.15, 0.2) is 0 Å². The molecule has 1 unspecified atom stereocenters. The third kappa shape index (κ3) is 4.61. The monoisotopic (exact) mass is 390 g/mol. The first-order valence-electron chi connectivity index (χ1n) is 9.06. The Hall–Kier alpha value is -2.09. The van der Waals surface area contributed by atoms with E-state index in [2.05, 4.69) is 9.62 Å². The van der Waals surface area contributed by atoms with Gasteiger partial charge in [-0.1, -0.05) is 18.2 Å². The van der Waals surface area contributed by atoms with Crippen molar-refractivity contribution in [2.24, 2.45) is 0 Å². The van der Waals surface area contributed by atoms with E-state index in [0.717, 1.165) is 36.4 Å². The van der Waals surface area contributed by atoms with Crippen molar-refractivity contribution in [2.75, 3.05) is 33.9 Å². The van der Waals surface area contributed by atoms with E-state index in [1.54, 1.807) is 44.6 Å². The van der Waals surface area contributed by atoms with Crippen LogP contribution in [0.2, 0.25) is 0 Å². The molecule has 0 radical (unpaired) electrons. The van der Waals surface area contributed by atoms with E-state index in [1.807, 2.05) is 18.2 Å². The van der Waals surface area contributed by atoms with Gasteiger partial charge in [-0.25, -0.2) is 13.1 Å². The first-order chi connectivity index (χ1) is 13.0. The van der Waals surface area contributed by atoms with Gasteiger partial charge in [0.25, 0.3) is 0 Å². The summed E-state index contributed by atoms with van der Waals surface area (Å²) in [6, 6.07) is 14.4. The van der Waals surface area contributed by atoms with Gasteiger partial charge < -0.3 is 9.47 Å². The minimum absolute atomic E-state index is 0.191. The number of hydrogen-bond donors (Lipinski definition) is 1. The standard InChI is InChI=1S/C20H26N2O4S/c1-25-16-10-11-20(26-2)18(15-16)19-9-6-13-22(19)14-12-21-27(23,24)17-7-4-3-5-8-17/h3-5,7-8,10-11,15,19,21H,6,9,12-14H2,1-2H3. The fourth-order valence-corrected chi connectivity index (χ4v) is 4.59. The third-order valence-corrected chi connectivity index (χ3v) is 6.38. The maximum Gasteiger partial charge on any atom is 0.240 e. The van der Waals surface area contributed by atoms with Crippen molar-refractivity contribution in [1.82, 2.24) is 9.62 Å². The maximum atomic E-state index is 12.4. The number of nitrogens with one attached hydrogen (secondary N) is 1. The van der Waals surface area contributed by atoms with Crippen molar-refractivity contribution in [3.05, 3.63) is 54.1 Å². The Morgan fingerprint density at radius 2 is 1.89 bits per heavy atom. The molecular weight excluding hydrogens is 364 g/mol. The molecule has 27 heavy (non-hydrogen) atoms. The highest BCUT2D eigenvalue weighted by Gasteiger charge is 2.28. The van der Waals surface area contributed by atoms with Crippen LogP contribution in [0.15, 0.2) is 53.4 Å². The fourth-order valence-electron chi connectivity index (χ4n) is 3.55. The zero-order chi connectivity index (χ0) is 19.3. The van der Waals surface area contributed by atoms with E-state index in [1.165, 1.54) is 0 Å². The second-order valence-electron chi connectivity index (χ2n) is 6.51. The zero-order valence-corrected chi connectivity index (χ0v) is 16.5. The van der Waals surface area contributed by atoms with E-state index >= 15 is 0 Å². The van der Waals surface area contributed by atoms with Gasteiger partial charge in [0.1, 0.15) is 11.5 Å². The van der Waals surface area contributed by atoms with Crippen LogP contribution in [0.3, 0.4) is 0 Å². The molecule has 2 aromatic rings. The summed E-state index contributed by atoms with van der Waals surface area (Å²) in [6.45, 7) is 1.93. The molecule has 1 atom stereocenters. The lowest BCUT2D eigenvalue weighted by Crippen LogP contribution is -2.34. The summed E-state index contributed by atoms with van der Waals surface area (Å²) in [7, 11) is -0.165. The molecule has 0 bridgehead atoms. The Morgan fingerprint density at radius 1 is 1.11 bits per heavy atom. The third-order valence-electron chi connectivity index (χ3n) is 4.90. The van der Waals surface area contributed by atoms with Crippen molar-refractivity contribution in [3.8, 4) is 11.5 Å². The van der Waals surface area contributed by atoms with E-state index in [4.69, 9.17) is 9.47 Å². The summed E-state index contributed by atoms with van der Waals surface area (Å²) in [4.78, 5) is 2.59. The highest BCUT2D eigenvalue weighted by atomic mass is 32.2. The van der Waals surface area contributed by atoms with Crippen LogP contribution in [0.25, 0.3) is 0 Å². The minimum Gasteiger partial charge on any atom is -0.497 e. The van der Waals surface area contributed by atoms with Crippen molar-refractivity contribution < 1.29 is 17.9 Å². The largest absolute Gasteiger partial charge is 0.497 e. The van der Waals surface area contributed by atoms with Crippen molar-refractivity contribution in [2.45, 2.75) is 23.8 Å². The van der Waals surface area contributed by atoms with Crippen LogP contribution < -0.4 is 14.2 Å². The molecule has 1 heterocycles. The Morgan fingerprint density at radius 3 is 2.59 bits per heavy atom. The lowest BCUT2D eigenvalue weighted by Gasteiger charge is -2.26. The Labute approximate surface area is 161 Å². The molecule has 6 nitrogen and oxygen atoms in total. The van der Waals surface area contributed by atoms with Gasteiger partial charge in [0.05, 0.1) is 19.1 Å². The number of sulfonamides is 1. The van der Waals surface area contributed by atoms with Crippen LogP contribution in [0.4, 0.5) is 0 Å². The predicted octanol–water partition coefficient (Wildman–Crippen LogP) is 2.82. The van der Waals surface area contributed by atoms with Crippen LogP contribution in [-0.2, 0) is 10.0 Å². The average Bonchev–Trinajstić information content (AvgIpc) is 3.16. The van der Waals surface area contributed by atoms with Gasteiger partial charge in [-0.05, 0) is 49.7 Å². The molecule has 0 saturated carbocycles. The number of rotatable bonds is 8. The number of ether oxygens (including phenoxy) is 2. The number of nitrogens with zero attached hydrogens (tertiary/aromatic N) is 1. The smallest absolute Gasteiger partial charge is 0.240 e. The van der Waals surface area contributed by atoms with Crippen LogP contribution in [0.5, 0.6) is 11.5 Å². The lowest BCUT2D eigenvalue weighted by molar-refractivity contribution is 0.255. The molecule has 1 N–H and O–H groups in total. The number of hydrogen-bond acceptors (Lipinski definition) is 5. The lowest BCUT2D eigenvalue weighted by atomic mass is 10.0. The first kappa shape index (κ1) is 19.7. The van der Waals surface area contributed by atoms with Crippen LogP contribution in [0, 0.1) is 0 Å². The molecule has 1 aliphatic rings. The van der Waals surface area contributed by atoms with Crippen molar-refractivity contribution >= 4 is 10.0 Å². The second kappa shape index (κ2) is 8.73. The molecule has 7 heteroatoms. The van der Waals surface area contributed by atoms with Crippen LogP contribution in [0.1, 0.15) is 24.4 Å². The topological polar surface area (TPSA) is 67.9 Å². The molecule has 0 spiro atoms. The number of likely N-dealkylation sites (tertiary alicyclic amines) is 1. The van der Waals surface area contributed by atoms with Gasteiger partial charge in [-0.15, -0.1) is 0 Å². The first-order valence-corrected chi connectivity index (χ1v) is 10.5. The maximum absolute atomic E-state index is 12.4. The van der Waals surface area contributed by atoms with Gasteiger partial charge >= 0.3 is 0 Å². The van der Waals surface area contributed by atoms with E-state index in [-0.39, 0.29) is 10.9 Å². The molecule has 0 aliphatic carbocycles. The summed E-state index contributed by atoms with van der Waals surface area (Å²) in [5.74, 6) is 1.62. The predicted molar refractivity (Wildman–Crippen MR) is 105 cm³/mol. The summed E-state index contributed by atoms with van der Waals surface area (Å²) in [5.41, 5.74) is 1.08. The summed E-state index contributed by atoms with van der Waals surface area (Å²) >= 11 is 0. The van der Waals surface area contributed by atoms with E-state index in [0.29, 0.717) is 13.1 Å². The van der Waals surface area contributed by atoms with Gasteiger partial charge in [0.2, 0.25) is 10.0 Å². The Kier molecular flexibility index (Phi) is 6.36. The molecule has 1 saturated heterocycles. The fraction of sp³-hybridized carbons (Fsp3) is 0.400. The highest BCUT2D eigenvalue weighted by molar-refractivity contribution is 7.89.